The number of carbonyl (C=O) groups excluding carboxylic acids is 1. The molecule has 0 fully saturated rings. The van der Waals surface area contributed by atoms with Crippen molar-refractivity contribution in [3.8, 4) is 23.8 Å². The van der Waals surface area contributed by atoms with E-state index in [2.05, 4.69) is 5.92 Å². The first-order chi connectivity index (χ1) is 19.9. The van der Waals surface area contributed by atoms with Crippen molar-refractivity contribution >= 4 is 34.1 Å². The van der Waals surface area contributed by atoms with Crippen molar-refractivity contribution in [2.45, 2.75) is 26.8 Å². The van der Waals surface area contributed by atoms with Crippen LogP contribution in [0, 0.1) is 12.3 Å². The van der Waals surface area contributed by atoms with E-state index < -0.39 is 6.04 Å². The summed E-state index contributed by atoms with van der Waals surface area (Å²) >= 11 is 1.28. The van der Waals surface area contributed by atoms with Gasteiger partial charge in [-0.15, -0.1) is 6.42 Å². The second-order valence-electron chi connectivity index (χ2n) is 9.49. The number of aromatic nitrogens is 1. The summed E-state index contributed by atoms with van der Waals surface area (Å²) in [6.07, 6.45) is 7.31. The second kappa shape index (κ2) is 11.9. The highest BCUT2D eigenvalue weighted by Crippen LogP contribution is 2.36. The monoisotopic (exact) mass is 565 g/mol. The van der Waals surface area contributed by atoms with Crippen molar-refractivity contribution in [2.75, 3.05) is 26.8 Å². The average molecular weight is 566 g/mol. The summed E-state index contributed by atoms with van der Waals surface area (Å²) in [5.74, 6) is 3.53. The molecule has 1 atom stereocenters. The van der Waals surface area contributed by atoms with Gasteiger partial charge in [0.05, 0.1) is 22.9 Å². The molecule has 0 bridgehead atoms. The van der Waals surface area contributed by atoms with Gasteiger partial charge in [0, 0.05) is 24.2 Å². The van der Waals surface area contributed by atoms with E-state index in [1.807, 2.05) is 87.5 Å². The Morgan fingerprint density at radius 3 is 2.56 bits per heavy atom. The van der Waals surface area contributed by atoms with E-state index in [0.717, 1.165) is 21.9 Å². The zero-order valence-electron chi connectivity index (χ0n) is 23.5. The van der Waals surface area contributed by atoms with E-state index in [1.54, 1.807) is 16.6 Å². The minimum absolute atomic E-state index is 0.101. The molecule has 8 heteroatoms. The second-order valence-corrected chi connectivity index (χ2v) is 10.5. The van der Waals surface area contributed by atoms with Gasteiger partial charge in [-0.2, -0.15) is 0 Å². The van der Waals surface area contributed by atoms with E-state index in [0.29, 0.717) is 45.2 Å². The third-order valence-corrected chi connectivity index (χ3v) is 8.24. The quantitative estimate of drug-likeness (QED) is 0.299. The number of rotatable bonds is 8. The van der Waals surface area contributed by atoms with Crippen LogP contribution in [-0.2, 0) is 4.79 Å². The molecule has 0 saturated heterocycles. The topological polar surface area (TPSA) is 73.1 Å². The Kier molecular flexibility index (Phi) is 8.09. The fraction of sp³-hybridized carbons (Fsp3) is 0.242. The predicted molar refractivity (Wildman–Crippen MR) is 163 cm³/mol. The van der Waals surface area contributed by atoms with Crippen LogP contribution in [0.5, 0.6) is 11.5 Å². The van der Waals surface area contributed by atoms with Crippen LogP contribution in [0.4, 0.5) is 0 Å². The molecule has 5 rings (SSSR count). The molecule has 0 radical (unpaired) electrons. The van der Waals surface area contributed by atoms with E-state index in [-0.39, 0.29) is 18.1 Å². The third-order valence-electron chi connectivity index (χ3n) is 7.25. The lowest BCUT2D eigenvalue weighted by Gasteiger charge is -2.29. The number of nitrogens with zero attached hydrogens (tertiary/aromatic N) is 3. The smallest absolute Gasteiger partial charge is 0.271 e. The molecule has 7 nitrogen and oxygen atoms in total. The normalized spacial score (nSPS) is 14.8. The maximum absolute atomic E-state index is 14.3. The molecule has 2 heterocycles. The number of ether oxygens (including phenoxy) is 2. The Morgan fingerprint density at radius 2 is 1.83 bits per heavy atom. The summed E-state index contributed by atoms with van der Waals surface area (Å²) in [4.78, 5) is 35.2. The molecular formula is C33H31N3O4S. The lowest BCUT2D eigenvalue weighted by atomic mass is 9.94. The number of amides is 1. The van der Waals surface area contributed by atoms with Crippen LogP contribution < -0.4 is 24.4 Å². The number of allylic oxidation sites excluding steroid dienone is 1. The Hall–Kier alpha value is -4.61. The molecule has 1 amide bonds. The first-order valence-corrected chi connectivity index (χ1v) is 14.3. The maximum atomic E-state index is 14.3. The lowest BCUT2D eigenvalue weighted by Crippen LogP contribution is -2.43. The number of hydrogen-bond donors (Lipinski definition) is 0. The molecule has 1 aromatic heterocycles. The van der Waals surface area contributed by atoms with Gasteiger partial charge in [0.2, 0.25) is 0 Å². The van der Waals surface area contributed by atoms with Crippen LogP contribution in [0.15, 0.2) is 81.7 Å². The average Bonchev–Trinajstić information content (AvgIpc) is 3.30. The molecule has 0 aliphatic carbocycles. The van der Waals surface area contributed by atoms with Gasteiger partial charge in [-0.1, -0.05) is 65.8 Å². The molecule has 4 aromatic rings. The van der Waals surface area contributed by atoms with E-state index in [1.165, 1.54) is 11.3 Å². The van der Waals surface area contributed by atoms with Gasteiger partial charge in [0.15, 0.2) is 4.80 Å². The van der Waals surface area contributed by atoms with Crippen LogP contribution >= 0.6 is 11.3 Å². The molecule has 0 spiro atoms. The maximum Gasteiger partial charge on any atom is 0.271 e. The van der Waals surface area contributed by atoms with Crippen molar-refractivity contribution in [1.29, 1.82) is 0 Å². The molecule has 208 valence electrons. The van der Waals surface area contributed by atoms with Gasteiger partial charge in [-0.3, -0.25) is 14.2 Å². The van der Waals surface area contributed by atoms with Crippen molar-refractivity contribution < 1.29 is 14.3 Å². The Balaban J connectivity index is 1.80. The van der Waals surface area contributed by atoms with Crippen LogP contribution in [0.2, 0.25) is 0 Å². The summed E-state index contributed by atoms with van der Waals surface area (Å²) in [5, 5.41) is 1.94. The van der Waals surface area contributed by atoms with Crippen molar-refractivity contribution in [3.63, 3.8) is 0 Å². The summed E-state index contributed by atoms with van der Waals surface area (Å²) < 4.78 is 13.7. The molecule has 0 N–H and O–H groups in total. The SMILES string of the molecule is C#CCOc1ccc2ccccc2c1/C=c1/sc2n(c1=O)[C@H](c1ccccc1OC)C(C(=O)N(CC)CC)=C(C)N=2. The molecule has 0 saturated carbocycles. The standard InChI is InChI=1S/C33H31N3O4S/c1-6-19-40-27-18-17-22-13-9-10-14-23(22)25(27)20-28-31(37)36-30(24-15-11-12-16-26(24)39-5)29(21(4)34-33(36)41-28)32(38)35(7-2)8-3/h1,9-18,20,30H,7-8,19H2,2-5H3/b28-20+/t30-/m1/s1. The van der Waals surface area contributed by atoms with Gasteiger partial charge < -0.3 is 14.4 Å². The highest BCUT2D eigenvalue weighted by atomic mass is 32.1. The fourth-order valence-corrected chi connectivity index (χ4v) is 6.29. The minimum atomic E-state index is -0.706. The Bertz CT molecular complexity index is 1890. The number of para-hydroxylation sites is 1. The van der Waals surface area contributed by atoms with Gasteiger partial charge in [-0.05, 0) is 49.8 Å². The number of terminal acetylenes is 1. The summed E-state index contributed by atoms with van der Waals surface area (Å²) in [7, 11) is 1.59. The molecular weight excluding hydrogens is 534 g/mol. The number of carbonyl (C=O) groups is 1. The first kappa shape index (κ1) is 27.9. The number of fused-ring (bicyclic) bond motifs is 2. The molecule has 41 heavy (non-hydrogen) atoms. The molecule has 3 aromatic carbocycles. The van der Waals surface area contributed by atoms with Crippen LogP contribution in [0.1, 0.15) is 37.9 Å². The number of thiazole rings is 1. The van der Waals surface area contributed by atoms with Gasteiger partial charge in [0.1, 0.15) is 24.1 Å². The van der Waals surface area contributed by atoms with Crippen molar-refractivity contribution in [1.82, 2.24) is 9.47 Å². The molecule has 1 aliphatic heterocycles. The highest BCUT2D eigenvalue weighted by Gasteiger charge is 2.35. The third kappa shape index (κ3) is 5.05. The zero-order chi connectivity index (χ0) is 29.1. The number of benzene rings is 3. The lowest BCUT2D eigenvalue weighted by molar-refractivity contribution is -0.127. The van der Waals surface area contributed by atoms with Crippen LogP contribution in [-0.4, -0.2) is 42.2 Å². The molecule has 1 aliphatic rings. The van der Waals surface area contributed by atoms with Crippen LogP contribution in [0.3, 0.4) is 0 Å². The van der Waals surface area contributed by atoms with Gasteiger partial charge >= 0.3 is 0 Å². The Morgan fingerprint density at radius 1 is 1.10 bits per heavy atom. The summed E-state index contributed by atoms with van der Waals surface area (Å²) in [6.45, 7) is 6.88. The number of likely N-dealkylation sites (N-methyl/N-ethyl adjacent to an activating group) is 1. The van der Waals surface area contributed by atoms with E-state index in [4.69, 9.17) is 20.9 Å². The van der Waals surface area contributed by atoms with Gasteiger partial charge in [-0.25, -0.2) is 4.99 Å². The van der Waals surface area contributed by atoms with E-state index in [9.17, 15) is 9.59 Å². The van der Waals surface area contributed by atoms with Gasteiger partial charge in [0.25, 0.3) is 11.5 Å². The zero-order valence-corrected chi connectivity index (χ0v) is 24.3. The van der Waals surface area contributed by atoms with Crippen molar-refractivity contribution in [2.24, 2.45) is 4.99 Å². The van der Waals surface area contributed by atoms with Crippen LogP contribution in [0.25, 0.3) is 16.8 Å². The number of methoxy groups -OCH3 is 1. The van der Waals surface area contributed by atoms with E-state index >= 15 is 0 Å². The minimum Gasteiger partial charge on any atom is -0.496 e. The summed E-state index contributed by atoms with van der Waals surface area (Å²) in [5.41, 5.74) is 2.26. The molecule has 0 unspecified atom stereocenters. The highest BCUT2D eigenvalue weighted by molar-refractivity contribution is 7.07. The number of hydrogen-bond acceptors (Lipinski definition) is 6. The fourth-order valence-electron chi connectivity index (χ4n) is 5.26. The summed E-state index contributed by atoms with van der Waals surface area (Å²) in [6, 6.07) is 18.5. The predicted octanol–water partition coefficient (Wildman–Crippen LogP) is 4.28. The Labute approximate surface area is 242 Å². The van der Waals surface area contributed by atoms with Crippen molar-refractivity contribution in [3.05, 3.63) is 103 Å². The largest absolute Gasteiger partial charge is 0.496 e. The first-order valence-electron chi connectivity index (χ1n) is 13.5.